The Hall–Kier alpha value is -3.39. The minimum Gasteiger partial charge on any atom is -0.478 e. The third-order valence-electron chi connectivity index (χ3n) is 4.57. The molecule has 0 atom stereocenters. The molecule has 0 aliphatic heterocycles. The maximum absolute atomic E-state index is 11.9. The summed E-state index contributed by atoms with van der Waals surface area (Å²) in [5, 5.41) is 14.4. The molecule has 1 aromatic heterocycles. The molecule has 0 saturated carbocycles. The number of hydrogen-bond acceptors (Lipinski definition) is 3. The zero-order chi connectivity index (χ0) is 21.0. The van der Waals surface area contributed by atoms with Crippen LogP contribution in [0.15, 0.2) is 48.5 Å². The molecule has 0 fully saturated rings. The quantitative estimate of drug-likeness (QED) is 0.652. The summed E-state index contributed by atoms with van der Waals surface area (Å²) in [4.78, 5) is 16.6. The van der Waals surface area contributed by atoms with E-state index < -0.39 is 5.97 Å². The number of carboxylic acids is 1. The van der Waals surface area contributed by atoms with Gasteiger partial charge in [0.2, 0.25) is 0 Å². The summed E-state index contributed by atoms with van der Waals surface area (Å²) in [5.41, 5.74) is 2.54. The molecule has 0 unspecified atom stereocenters. The summed E-state index contributed by atoms with van der Waals surface area (Å²) in [6.07, 6.45) is 0.507. The highest BCUT2D eigenvalue weighted by Crippen LogP contribution is 2.26. The average Bonchev–Trinajstić information content (AvgIpc) is 3.10. The summed E-state index contributed by atoms with van der Waals surface area (Å²) < 4.78 is 1.83. The number of rotatable bonds is 5. The highest BCUT2D eigenvalue weighted by molar-refractivity contribution is 5.96. The number of benzene rings is 2. The number of carboxylic acid groups (broad SMARTS) is 1. The molecule has 3 aromatic rings. The second kappa shape index (κ2) is 8.32. The first kappa shape index (κ1) is 20.3. The molecular formula is C24H25N3O2. The van der Waals surface area contributed by atoms with Crippen molar-refractivity contribution in [2.45, 2.75) is 46.1 Å². The van der Waals surface area contributed by atoms with Crippen LogP contribution in [0.2, 0.25) is 0 Å². The number of aromatic carboxylic acids is 1. The van der Waals surface area contributed by atoms with Gasteiger partial charge in [0, 0.05) is 5.41 Å². The maximum atomic E-state index is 11.9. The largest absolute Gasteiger partial charge is 0.478 e. The standard InChI is InChI=1S/C24H25N3O2/c1-5-6-12-21-25-23(24(2,3)4)26-27(21)16-17-13-14-19(20(15-17)22(28)29)18-10-8-7-9-11-18/h7-11,13-15H,12,16H2,1-4H3,(H,28,29). The Bertz CT molecular complexity index is 1080. The fraction of sp³-hybridized carbons (Fsp3) is 0.292. The first-order valence-electron chi connectivity index (χ1n) is 9.55. The molecule has 0 bridgehead atoms. The average molecular weight is 387 g/mol. The fourth-order valence-electron chi connectivity index (χ4n) is 3.03. The van der Waals surface area contributed by atoms with Gasteiger partial charge in [-0.25, -0.2) is 14.5 Å². The SMILES string of the molecule is CC#CCc1nc(C(C)(C)C)nn1Cc1ccc(-c2ccccc2)c(C(=O)O)c1. The summed E-state index contributed by atoms with van der Waals surface area (Å²) in [6, 6.07) is 15.1. The zero-order valence-corrected chi connectivity index (χ0v) is 17.2. The maximum Gasteiger partial charge on any atom is 0.336 e. The van der Waals surface area contributed by atoms with E-state index in [1.54, 1.807) is 13.0 Å². The van der Waals surface area contributed by atoms with Crippen molar-refractivity contribution >= 4 is 5.97 Å². The Labute approximate surface area is 171 Å². The van der Waals surface area contributed by atoms with Crippen molar-refractivity contribution < 1.29 is 9.90 Å². The molecule has 29 heavy (non-hydrogen) atoms. The fourth-order valence-corrected chi connectivity index (χ4v) is 3.03. The van der Waals surface area contributed by atoms with Crippen molar-refractivity contribution in [1.82, 2.24) is 14.8 Å². The highest BCUT2D eigenvalue weighted by Gasteiger charge is 2.22. The molecule has 5 nitrogen and oxygen atoms in total. The lowest BCUT2D eigenvalue weighted by atomic mass is 9.96. The van der Waals surface area contributed by atoms with Gasteiger partial charge in [0.15, 0.2) is 5.82 Å². The Kier molecular flexibility index (Phi) is 5.84. The molecule has 0 amide bonds. The minimum atomic E-state index is -0.947. The van der Waals surface area contributed by atoms with Gasteiger partial charge in [0.25, 0.3) is 0 Å². The van der Waals surface area contributed by atoms with E-state index in [4.69, 9.17) is 0 Å². The lowest BCUT2D eigenvalue weighted by molar-refractivity contribution is 0.0697. The third kappa shape index (κ3) is 4.72. The molecule has 148 valence electrons. The third-order valence-corrected chi connectivity index (χ3v) is 4.57. The van der Waals surface area contributed by atoms with Crippen molar-refractivity contribution in [3.8, 4) is 23.0 Å². The van der Waals surface area contributed by atoms with Gasteiger partial charge < -0.3 is 5.11 Å². The van der Waals surface area contributed by atoms with Crippen LogP contribution in [0.25, 0.3) is 11.1 Å². The summed E-state index contributed by atoms with van der Waals surface area (Å²) in [7, 11) is 0. The van der Waals surface area contributed by atoms with Gasteiger partial charge in [-0.05, 0) is 29.7 Å². The second-order valence-electron chi connectivity index (χ2n) is 7.91. The van der Waals surface area contributed by atoms with E-state index in [1.165, 1.54) is 0 Å². The van der Waals surface area contributed by atoms with Crippen molar-refractivity contribution in [2.75, 3.05) is 0 Å². The predicted molar refractivity (Wildman–Crippen MR) is 114 cm³/mol. The molecule has 2 aromatic carbocycles. The van der Waals surface area contributed by atoms with E-state index in [2.05, 4.69) is 42.7 Å². The Morgan fingerprint density at radius 2 is 1.86 bits per heavy atom. The molecule has 5 heteroatoms. The van der Waals surface area contributed by atoms with Gasteiger partial charge >= 0.3 is 5.97 Å². The van der Waals surface area contributed by atoms with E-state index in [9.17, 15) is 9.90 Å². The Morgan fingerprint density at radius 1 is 1.14 bits per heavy atom. The molecule has 3 rings (SSSR count). The second-order valence-corrected chi connectivity index (χ2v) is 7.91. The molecule has 0 radical (unpaired) electrons. The van der Waals surface area contributed by atoms with Crippen molar-refractivity contribution in [1.29, 1.82) is 0 Å². The normalized spacial score (nSPS) is 11.0. The monoisotopic (exact) mass is 387 g/mol. The molecule has 0 aliphatic carbocycles. The van der Waals surface area contributed by atoms with E-state index in [0.29, 0.717) is 18.5 Å². The molecular weight excluding hydrogens is 362 g/mol. The van der Waals surface area contributed by atoms with Gasteiger partial charge in [-0.15, -0.1) is 5.92 Å². The van der Waals surface area contributed by atoms with E-state index >= 15 is 0 Å². The Balaban J connectivity index is 2.00. The first-order valence-corrected chi connectivity index (χ1v) is 9.55. The van der Waals surface area contributed by atoms with E-state index in [-0.39, 0.29) is 11.0 Å². The molecule has 0 spiro atoms. The van der Waals surface area contributed by atoms with Gasteiger partial charge in [-0.3, -0.25) is 0 Å². The van der Waals surface area contributed by atoms with Crippen LogP contribution in [-0.2, 0) is 18.4 Å². The van der Waals surface area contributed by atoms with E-state index in [0.717, 1.165) is 22.8 Å². The van der Waals surface area contributed by atoms with Crippen LogP contribution in [0.3, 0.4) is 0 Å². The minimum absolute atomic E-state index is 0.178. The van der Waals surface area contributed by atoms with Crippen LogP contribution in [-0.4, -0.2) is 25.8 Å². The first-order chi connectivity index (χ1) is 13.8. The lowest BCUT2D eigenvalue weighted by Gasteiger charge is -2.12. The van der Waals surface area contributed by atoms with Gasteiger partial charge in [0.05, 0.1) is 18.5 Å². The van der Waals surface area contributed by atoms with Crippen LogP contribution in [0.4, 0.5) is 0 Å². The summed E-state index contributed by atoms with van der Waals surface area (Å²) >= 11 is 0. The Morgan fingerprint density at radius 3 is 2.48 bits per heavy atom. The number of nitrogens with zero attached hydrogens (tertiary/aromatic N) is 3. The molecule has 0 saturated heterocycles. The van der Waals surface area contributed by atoms with Crippen LogP contribution in [0, 0.1) is 11.8 Å². The predicted octanol–water partition coefficient (Wildman–Crippen LogP) is 4.55. The molecule has 1 heterocycles. The zero-order valence-electron chi connectivity index (χ0n) is 17.2. The van der Waals surface area contributed by atoms with Crippen LogP contribution < -0.4 is 0 Å². The smallest absolute Gasteiger partial charge is 0.336 e. The van der Waals surface area contributed by atoms with Crippen molar-refractivity contribution in [3.05, 3.63) is 71.3 Å². The van der Waals surface area contributed by atoms with Crippen LogP contribution >= 0.6 is 0 Å². The van der Waals surface area contributed by atoms with Crippen LogP contribution in [0.1, 0.15) is 55.3 Å². The molecule has 0 aliphatic rings. The van der Waals surface area contributed by atoms with Gasteiger partial charge in [0.1, 0.15) is 5.82 Å². The highest BCUT2D eigenvalue weighted by atomic mass is 16.4. The topological polar surface area (TPSA) is 68.0 Å². The number of hydrogen-bond donors (Lipinski definition) is 1. The summed E-state index contributed by atoms with van der Waals surface area (Å²) in [5.74, 6) is 6.54. The van der Waals surface area contributed by atoms with Crippen LogP contribution in [0.5, 0.6) is 0 Å². The van der Waals surface area contributed by atoms with E-state index in [1.807, 2.05) is 47.1 Å². The molecule has 1 N–H and O–H groups in total. The lowest BCUT2D eigenvalue weighted by Crippen LogP contribution is -2.14. The van der Waals surface area contributed by atoms with Crippen molar-refractivity contribution in [3.63, 3.8) is 0 Å². The van der Waals surface area contributed by atoms with Gasteiger partial charge in [-0.1, -0.05) is 69.2 Å². The summed E-state index contributed by atoms with van der Waals surface area (Å²) in [6.45, 7) is 8.45. The number of carbonyl (C=O) groups is 1. The van der Waals surface area contributed by atoms with Crippen molar-refractivity contribution in [2.24, 2.45) is 0 Å². The van der Waals surface area contributed by atoms with Gasteiger partial charge in [-0.2, -0.15) is 5.10 Å². The number of aromatic nitrogens is 3.